The van der Waals surface area contributed by atoms with Crippen molar-refractivity contribution in [3.05, 3.63) is 46.5 Å². The second-order valence-electron chi connectivity index (χ2n) is 5.91. The number of hydrogen-bond acceptors (Lipinski definition) is 4. The number of fused-ring (bicyclic) bond motifs is 1. The van der Waals surface area contributed by atoms with E-state index in [1.807, 2.05) is 17.9 Å². The second-order valence-corrected chi connectivity index (χ2v) is 6.27. The van der Waals surface area contributed by atoms with Crippen LogP contribution in [0.15, 0.2) is 24.5 Å². The van der Waals surface area contributed by atoms with Crippen LogP contribution in [0.3, 0.4) is 0 Å². The lowest BCUT2D eigenvalue weighted by molar-refractivity contribution is -0.192. The molecule has 0 spiro atoms. The quantitative estimate of drug-likeness (QED) is 0.591. The molecule has 2 heterocycles. The highest BCUT2D eigenvalue weighted by Gasteiger charge is 2.38. The Bertz CT molecular complexity index is 952. The Morgan fingerprint density at radius 2 is 2.04 bits per heavy atom. The summed E-state index contributed by atoms with van der Waals surface area (Å²) in [6.45, 7) is 3.57. The van der Waals surface area contributed by atoms with Crippen molar-refractivity contribution in [2.24, 2.45) is 7.05 Å². The topological polar surface area (TPSA) is 95.8 Å². The van der Waals surface area contributed by atoms with Gasteiger partial charge in [-0.15, -0.1) is 0 Å². The van der Waals surface area contributed by atoms with Gasteiger partial charge in [0.15, 0.2) is 5.15 Å². The maximum absolute atomic E-state index is 10.6. The fourth-order valence-corrected chi connectivity index (χ4v) is 2.69. The minimum atomic E-state index is -5.08. The Kier molecular flexibility index (Phi) is 7.03. The number of nitrogens with one attached hydrogen (secondary N) is 2. The van der Waals surface area contributed by atoms with E-state index in [1.165, 1.54) is 5.56 Å². The molecule has 0 fully saturated rings. The molecule has 0 saturated carbocycles. The smallest absolute Gasteiger partial charge is 0.475 e. The number of aliphatic carboxylic acids is 1. The zero-order valence-electron chi connectivity index (χ0n) is 15.1. The van der Waals surface area contributed by atoms with Crippen LogP contribution >= 0.6 is 11.6 Å². The van der Waals surface area contributed by atoms with Crippen LogP contribution in [0.5, 0.6) is 0 Å². The number of carbonyl (C=O) groups is 1. The molecular weight excluding hydrogens is 399 g/mol. The van der Waals surface area contributed by atoms with E-state index in [0.29, 0.717) is 11.7 Å². The summed E-state index contributed by atoms with van der Waals surface area (Å²) in [5, 5.41) is 18.1. The minimum absolute atomic E-state index is 0.555. The number of hydrogen-bond donors (Lipinski definition) is 3. The van der Waals surface area contributed by atoms with Crippen molar-refractivity contribution in [2.75, 3.05) is 0 Å². The lowest BCUT2D eigenvalue weighted by Crippen LogP contribution is -2.21. The molecule has 3 N–H and O–H groups in total. The van der Waals surface area contributed by atoms with Gasteiger partial charge in [0.25, 0.3) is 0 Å². The third kappa shape index (κ3) is 5.46. The van der Waals surface area contributed by atoms with Gasteiger partial charge in [-0.05, 0) is 24.1 Å². The lowest BCUT2D eigenvalue weighted by atomic mass is 10.2. The minimum Gasteiger partial charge on any atom is -0.475 e. The van der Waals surface area contributed by atoms with Crippen LogP contribution in [0, 0.1) is 0 Å². The molecule has 0 radical (unpaired) electrons. The molecule has 0 aliphatic heterocycles. The predicted molar refractivity (Wildman–Crippen MR) is 97.9 cm³/mol. The Morgan fingerprint density at radius 3 is 2.64 bits per heavy atom. The maximum Gasteiger partial charge on any atom is 0.490 e. The van der Waals surface area contributed by atoms with Gasteiger partial charge in [-0.1, -0.05) is 24.6 Å². The average molecular weight is 418 g/mol. The SMILES string of the molecule is CCc1[nH]nc(Cl)c1CNCc1ccc2c(c1)ncn2C.O=C(O)C(F)(F)F. The van der Waals surface area contributed by atoms with Crippen molar-refractivity contribution in [3.8, 4) is 0 Å². The van der Waals surface area contributed by atoms with Gasteiger partial charge in [0, 0.05) is 31.4 Å². The fourth-order valence-electron chi connectivity index (χ4n) is 2.47. The van der Waals surface area contributed by atoms with Gasteiger partial charge in [0.05, 0.1) is 17.4 Å². The Morgan fingerprint density at radius 1 is 1.36 bits per heavy atom. The van der Waals surface area contributed by atoms with Gasteiger partial charge in [0.1, 0.15) is 0 Å². The van der Waals surface area contributed by atoms with Gasteiger partial charge in [0.2, 0.25) is 0 Å². The summed E-state index contributed by atoms with van der Waals surface area (Å²) in [4.78, 5) is 13.3. The Hall–Kier alpha value is -2.59. The number of rotatable bonds is 5. The zero-order chi connectivity index (χ0) is 20.9. The number of alkyl halides is 3. The maximum atomic E-state index is 10.6. The van der Waals surface area contributed by atoms with E-state index in [9.17, 15) is 13.2 Å². The van der Waals surface area contributed by atoms with E-state index in [2.05, 4.69) is 45.6 Å². The summed E-state index contributed by atoms with van der Waals surface area (Å²) >= 11 is 6.09. The highest BCUT2D eigenvalue weighted by Crippen LogP contribution is 2.18. The summed E-state index contributed by atoms with van der Waals surface area (Å²) in [7, 11) is 2.00. The highest BCUT2D eigenvalue weighted by atomic mass is 35.5. The Labute approximate surface area is 163 Å². The molecule has 152 valence electrons. The summed E-state index contributed by atoms with van der Waals surface area (Å²) in [5.74, 6) is -2.76. The molecule has 3 aromatic rings. The summed E-state index contributed by atoms with van der Waals surface area (Å²) in [5.41, 5.74) is 5.52. The lowest BCUT2D eigenvalue weighted by Gasteiger charge is -2.06. The van der Waals surface area contributed by atoms with E-state index in [4.69, 9.17) is 21.5 Å². The standard InChI is InChI=1S/C15H18ClN5.C2HF3O2/c1-3-12-11(15(16)20-19-12)8-17-7-10-4-5-14-13(6-10)18-9-21(14)2;3-2(4,5)1(6)7/h4-6,9,17H,3,7-8H2,1-2H3,(H,19,20);(H,6,7). The monoisotopic (exact) mass is 417 g/mol. The summed E-state index contributed by atoms with van der Waals surface area (Å²) < 4.78 is 33.8. The average Bonchev–Trinajstić information content (AvgIpc) is 3.17. The Balaban J connectivity index is 0.000000345. The number of carboxylic acid groups (broad SMARTS) is 1. The second kappa shape index (κ2) is 9.07. The van der Waals surface area contributed by atoms with Crippen molar-refractivity contribution in [3.63, 3.8) is 0 Å². The van der Waals surface area contributed by atoms with Crippen molar-refractivity contribution in [1.29, 1.82) is 0 Å². The molecule has 0 aliphatic rings. The molecule has 0 unspecified atom stereocenters. The number of H-pyrrole nitrogens is 1. The van der Waals surface area contributed by atoms with Crippen LogP contribution in [-0.2, 0) is 31.4 Å². The summed E-state index contributed by atoms with van der Waals surface area (Å²) in [6.07, 6.45) is -2.35. The summed E-state index contributed by atoms with van der Waals surface area (Å²) in [6, 6.07) is 6.33. The molecule has 28 heavy (non-hydrogen) atoms. The van der Waals surface area contributed by atoms with E-state index in [1.54, 1.807) is 0 Å². The molecule has 0 aliphatic carbocycles. The van der Waals surface area contributed by atoms with Crippen molar-refractivity contribution >= 4 is 28.6 Å². The van der Waals surface area contributed by atoms with Crippen LogP contribution in [-0.4, -0.2) is 37.0 Å². The normalized spacial score (nSPS) is 11.4. The molecule has 0 amide bonds. The molecular formula is C17H19ClF3N5O2. The first-order chi connectivity index (χ1) is 13.1. The van der Waals surface area contributed by atoms with Crippen molar-refractivity contribution < 1.29 is 23.1 Å². The van der Waals surface area contributed by atoms with Crippen LogP contribution in [0.2, 0.25) is 5.15 Å². The van der Waals surface area contributed by atoms with Gasteiger partial charge in [-0.2, -0.15) is 18.3 Å². The number of imidazole rings is 1. The zero-order valence-corrected chi connectivity index (χ0v) is 15.9. The molecule has 11 heteroatoms. The van der Waals surface area contributed by atoms with Crippen molar-refractivity contribution in [1.82, 2.24) is 25.1 Å². The highest BCUT2D eigenvalue weighted by molar-refractivity contribution is 6.30. The first kappa shape index (κ1) is 21.7. The van der Waals surface area contributed by atoms with Crippen LogP contribution in [0.25, 0.3) is 11.0 Å². The largest absolute Gasteiger partial charge is 0.490 e. The van der Waals surface area contributed by atoms with Gasteiger partial charge in [-0.25, -0.2) is 9.78 Å². The fraction of sp³-hybridized carbons (Fsp3) is 0.353. The van der Waals surface area contributed by atoms with Crippen LogP contribution in [0.4, 0.5) is 13.2 Å². The molecule has 0 atom stereocenters. The molecule has 1 aromatic carbocycles. The molecule has 2 aromatic heterocycles. The van der Waals surface area contributed by atoms with Crippen molar-refractivity contribution in [2.45, 2.75) is 32.6 Å². The number of benzene rings is 1. The molecule has 0 saturated heterocycles. The van der Waals surface area contributed by atoms with E-state index in [0.717, 1.165) is 35.3 Å². The number of aryl methyl sites for hydroxylation is 2. The predicted octanol–water partition coefficient (Wildman–Crippen LogP) is 3.44. The third-order valence-corrected chi connectivity index (χ3v) is 4.23. The number of carboxylic acids is 1. The number of aromatic amines is 1. The van der Waals surface area contributed by atoms with Gasteiger partial charge in [-0.3, -0.25) is 5.10 Å². The van der Waals surface area contributed by atoms with E-state index >= 15 is 0 Å². The third-order valence-electron chi connectivity index (χ3n) is 3.92. The van der Waals surface area contributed by atoms with Gasteiger partial charge < -0.3 is 15.0 Å². The van der Waals surface area contributed by atoms with Crippen LogP contribution in [0.1, 0.15) is 23.7 Å². The molecule has 7 nitrogen and oxygen atoms in total. The number of nitrogens with zero attached hydrogens (tertiary/aromatic N) is 3. The first-order valence-electron chi connectivity index (χ1n) is 8.25. The first-order valence-corrected chi connectivity index (χ1v) is 8.63. The van der Waals surface area contributed by atoms with E-state index in [-0.39, 0.29) is 0 Å². The number of halogens is 4. The van der Waals surface area contributed by atoms with Crippen LogP contribution < -0.4 is 5.32 Å². The molecule has 0 bridgehead atoms. The van der Waals surface area contributed by atoms with Gasteiger partial charge >= 0.3 is 12.1 Å². The molecule has 3 rings (SSSR count). The van der Waals surface area contributed by atoms with E-state index < -0.39 is 12.1 Å². The number of aromatic nitrogens is 4.